The lowest BCUT2D eigenvalue weighted by Crippen LogP contribution is -1.84. The summed E-state index contributed by atoms with van der Waals surface area (Å²) in [6, 6.07) is 13.9. The highest BCUT2D eigenvalue weighted by molar-refractivity contribution is 7.21. The Kier molecular flexibility index (Phi) is 3.09. The van der Waals surface area contributed by atoms with Gasteiger partial charge in [0.2, 0.25) is 0 Å². The van der Waals surface area contributed by atoms with Gasteiger partial charge in [0, 0.05) is 5.56 Å². The number of hydrogen-bond acceptors (Lipinski definition) is 4. The van der Waals surface area contributed by atoms with Crippen LogP contribution < -0.4 is 9.47 Å². The fraction of sp³-hybridized carbons (Fsp3) is 0.133. The number of thiazole rings is 1. The summed E-state index contributed by atoms with van der Waals surface area (Å²) in [4.78, 5) is 4.66. The first-order valence-electron chi connectivity index (χ1n) is 5.90. The van der Waals surface area contributed by atoms with Gasteiger partial charge in [-0.1, -0.05) is 6.07 Å². The molecule has 2 aromatic carbocycles. The van der Waals surface area contributed by atoms with Crippen molar-refractivity contribution >= 4 is 21.6 Å². The molecule has 1 aromatic heterocycles. The summed E-state index contributed by atoms with van der Waals surface area (Å²) in [5, 5.41) is 0.988. The van der Waals surface area contributed by atoms with Crippen molar-refractivity contribution < 1.29 is 9.47 Å². The van der Waals surface area contributed by atoms with Gasteiger partial charge in [-0.2, -0.15) is 0 Å². The quantitative estimate of drug-likeness (QED) is 0.722. The van der Waals surface area contributed by atoms with E-state index in [-0.39, 0.29) is 0 Å². The molecule has 96 valence electrons. The molecule has 0 N–H and O–H groups in total. The van der Waals surface area contributed by atoms with E-state index in [2.05, 4.69) is 11.1 Å². The summed E-state index contributed by atoms with van der Waals surface area (Å²) in [7, 11) is 3.33. The fourth-order valence-electron chi connectivity index (χ4n) is 1.95. The molecule has 0 radical (unpaired) electrons. The average molecular weight is 271 g/mol. The molecule has 0 fully saturated rings. The number of ether oxygens (including phenoxy) is 2. The Balaban J connectivity index is 2.09. The minimum absolute atomic E-state index is 0.813. The predicted molar refractivity (Wildman–Crippen MR) is 78.2 cm³/mol. The van der Waals surface area contributed by atoms with E-state index in [0.29, 0.717) is 0 Å². The van der Waals surface area contributed by atoms with Gasteiger partial charge in [0.25, 0.3) is 0 Å². The lowest BCUT2D eigenvalue weighted by molar-refractivity contribution is 0.415. The van der Waals surface area contributed by atoms with Crippen LogP contribution in [0.4, 0.5) is 0 Å². The van der Waals surface area contributed by atoms with E-state index in [1.807, 2.05) is 36.4 Å². The Labute approximate surface area is 115 Å². The van der Waals surface area contributed by atoms with Gasteiger partial charge in [0.05, 0.1) is 18.9 Å². The van der Waals surface area contributed by atoms with Crippen molar-refractivity contribution in [1.82, 2.24) is 4.98 Å². The zero-order valence-electron chi connectivity index (χ0n) is 10.7. The predicted octanol–water partition coefficient (Wildman–Crippen LogP) is 3.98. The number of fused-ring (bicyclic) bond motifs is 1. The molecule has 3 aromatic rings. The number of rotatable bonds is 3. The molecule has 3 rings (SSSR count). The molecule has 0 aliphatic rings. The van der Waals surface area contributed by atoms with Gasteiger partial charge in [-0.25, -0.2) is 4.98 Å². The number of nitrogens with zero attached hydrogens (tertiary/aromatic N) is 1. The van der Waals surface area contributed by atoms with E-state index >= 15 is 0 Å². The Morgan fingerprint density at radius 2 is 1.74 bits per heavy atom. The third-order valence-corrected chi connectivity index (χ3v) is 4.01. The smallest absolute Gasteiger partial charge is 0.145 e. The molecule has 19 heavy (non-hydrogen) atoms. The highest BCUT2D eigenvalue weighted by Crippen LogP contribution is 2.34. The molecule has 0 saturated heterocycles. The van der Waals surface area contributed by atoms with Crippen molar-refractivity contribution in [1.29, 1.82) is 0 Å². The van der Waals surface area contributed by atoms with Gasteiger partial charge >= 0.3 is 0 Å². The van der Waals surface area contributed by atoms with Crippen LogP contribution >= 0.6 is 11.3 Å². The van der Waals surface area contributed by atoms with E-state index < -0.39 is 0 Å². The summed E-state index contributed by atoms with van der Waals surface area (Å²) >= 11 is 1.66. The molecule has 4 heteroatoms. The van der Waals surface area contributed by atoms with Crippen LogP contribution in [-0.2, 0) is 0 Å². The molecule has 0 aliphatic carbocycles. The molecular formula is C15H13NO2S. The minimum atomic E-state index is 0.813. The molecule has 0 atom stereocenters. The van der Waals surface area contributed by atoms with Crippen LogP contribution in [0.25, 0.3) is 20.8 Å². The molecule has 0 spiro atoms. The van der Waals surface area contributed by atoms with Crippen LogP contribution in [-0.4, -0.2) is 19.2 Å². The molecule has 0 bridgehead atoms. The zero-order valence-corrected chi connectivity index (χ0v) is 11.5. The van der Waals surface area contributed by atoms with E-state index in [0.717, 1.165) is 32.3 Å². The fourth-order valence-corrected chi connectivity index (χ4v) is 2.93. The van der Waals surface area contributed by atoms with Gasteiger partial charge in [0.15, 0.2) is 0 Å². The highest BCUT2D eigenvalue weighted by Gasteiger charge is 2.09. The SMILES string of the molecule is COc1ccc(-c2nc3c(OC)cccc3s2)cc1. The molecule has 0 unspecified atom stereocenters. The van der Waals surface area contributed by atoms with Crippen molar-refractivity contribution in [3.05, 3.63) is 42.5 Å². The summed E-state index contributed by atoms with van der Waals surface area (Å²) in [6.07, 6.45) is 0. The molecule has 3 nitrogen and oxygen atoms in total. The number of para-hydroxylation sites is 1. The van der Waals surface area contributed by atoms with Crippen molar-refractivity contribution in [2.45, 2.75) is 0 Å². The highest BCUT2D eigenvalue weighted by atomic mass is 32.1. The number of benzene rings is 2. The number of methoxy groups -OCH3 is 2. The van der Waals surface area contributed by atoms with Crippen molar-refractivity contribution in [2.75, 3.05) is 14.2 Å². The molecule has 0 amide bonds. The first-order valence-corrected chi connectivity index (χ1v) is 6.71. The average Bonchev–Trinajstić information content (AvgIpc) is 2.91. The second-order valence-electron chi connectivity index (χ2n) is 4.05. The van der Waals surface area contributed by atoms with E-state index in [9.17, 15) is 0 Å². The first-order chi connectivity index (χ1) is 9.31. The van der Waals surface area contributed by atoms with Crippen LogP contribution in [0.15, 0.2) is 42.5 Å². The standard InChI is InChI=1S/C15H13NO2S/c1-17-11-8-6-10(7-9-11)15-16-14-12(18-2)4-3-5-13(14)19-15/h3-9H,1-2H3. The Morgan fingerprint density at radius 3 is 2.42 bits per heavy atom. The third-order valence-electron chi connectivity index (χ3n) is 2.94. The second-order valence-corrected chi connectivity index (χ2v) is 5.09. The van der Waals surface area contributed by atoms with Crippen LogP contribution in [0, 0.1) is 0 Å². The monoisotopic (exact) mass is 271 g/mol. The summed E-state index contributed by atoms with van der Waals surface area (Å²) < 4.78 is 11.6. The summed E-state index contributed by atoms with van der Waals surface area (Å²) in [5.74, 6) is 1.66. The van der Waals surface area contributed by atoms with E-state index in [1.165, 1.54) is 0 Å². The lowest BCUT2D eigenvalue weighted by atomic mass is 10.2. The summed E-state index contributed by atoms with van der Waals surface area (Å²) in [6.45, 7) is 0. The van der Waals surface area contributed by atoms with E-state index in [4.69, 9.17) is 9.47 Å². The van der Waals surface area contributed by atoms with Gasteiger partial charge in [-0.15, -0.1) is 11.3 Å². The normalized spacial score (nSPS) is 10.6. The van der Waals surface area contributed by atoms with Crippen molar-refractivity contribution in [3.8, 4) is 22.1 Å². The zero-order chi connectivity index (χ0) is 13.2. The molecule has 0 aliphatic heterocycles. The maximum atomic E-state index is 5.34. The third kappa shape index (κ3) is 2.15. The lowest BCUT2D eigenvalue weighted by Gasteiger charge is -2.00. The Bertz CT molecular complexity index is 704. The maximum Gasteiger partial charge on any atom is 0.145 e. The van der Waals surface area contributed by atoms with Crippen molar-refractivity contribution in [2.24, 2.45) is 0 Å². The Morgan fingerprint density at radius 1 is 0.947 bits per heavy atom. The topological polar surface area (TPSA) is 31.4 Å². The molecular weight excluding hydrogens is 258 g/mol. The maximum absolute atomic E-state index is 5.34. The Hall–Kier alpha value is -2.07. The van der Waals surface area contributed by atoms with Crippen molar-refractivity contribution in [3.63, 3.8) is 0 Å². The molecule has 0 saturated carbocycles. The molecule has 1 heterocycles. The van der Waals surface area contributed by atoms with Crippen LogP contribution in [0.3, 0.4) is 0 Å². The van der Waals surface area contributed by atoms with E-state index in [1.54, 1.807) is 25.6 Å². The number of hydrogen-bond donors (Lipinski definition) is 0. The second kappa shape index (κ2) is 4.90. The van der Waals surface area contributed by atoms with Gasteiger partial charge < -0.3 is 9.47 Å². The largest absolute Gasteiger partial charge is 0.497 e. The minimum Gasteiger partial charge on any atom is -0.497 e. The van der Waals surface area contributed by atoms with Crippen LogP contribution in [0.2, 0.25) is 0 Å². The summed E-state index contributed by atoms with van der Waals surface area (Å²) in [5.41, 5.74) is 2.00. The van der Waals surface area contributed by atoms with Crippen LogP contribution in [0.5, 0.6) is 11.5 Å². The van der Waals surface area contributed by atoms with Gasteiger partial charge in [-0.05, 0) is 36.4 Å². The van der Waals surface area contributed by atoms with Crippen LogP contribution in [0.1, 0.15) is 0 Å². The van der Waals surface area contributed by atoms with Gasteiger partial charge in [0.1, 0.15) is 22.0 Å². The number of aromatic nitrogens is 1. The first kappa shape index (κ1) is 12.0. The van der Waals surface area contributed by atoms with Gasteiger partial charge in [-0.3, -0.25) is 0 Å².